The first-order valence-electron chi connectivity index (χ1n) is 8.59. The Morgan fingerprint density at radius 3 is 3.04 bits per heavy atom. The van der Waals surface area contributed by atoms with Crippen molar-refractivity contribution in [2.75, 3.05) is 18.4 Å². The van der Waals surface area contributed by atoms with E-state index in [4.69, 9.17) is 4.74 Å². The summed E-state index contributed by atoms with van der Waals surface area (Å²) in [5.74, 6) is 0. The minimum absolute atomic E-state index is 0.145. The number of H-pyrrole nitrogens is 1. The number of carbonyl (C=O) groups is 1. The Morgan fingerprint density at radius 2 is 2.25 bits per heavy atom. The maximum absolute atomic E-state index is 12.5. The minimum atomic E-state index is -0.464. The highest BCUT2D eigenvalue weighted by molar-refractivity contribution is 5.89. The van der Waals surface area contributed by atoms with Crippen LogP contribution in [0.3, 0.4) is 0 Å². The average molecular weight is 330 g/mol. The molecule has 6 nitrogen and oxygen atoms in total. The summed E-state index contributed by atoms with van der Waals surface area (Å²) in [5, 5.41) is 11.7. The van der Waals surface area contributed by atoms with E-state index in [2.05, 4.69) is 15.5 Å². The molecule has 1 aliphatic rings. The number of aromatic amines is 1. The van der Waals surface area contributed by atoms with E-state index in [1.165, 1.54) is 0 Å². The summed E-state index contributed by atoms with van der Waals surface area (Å²) in [5.41, 5.74) is 1.55. The number of hydrogen-bond acceptors (Lipinski definition) is 4. The van der Waals surface area contributed by atoms with Crippen LogP contribution in [0.25, 0.3) is 10.9 Å². The third-order valence-corrected chi connectivity index (χ3v) is 4.26. The number of ether oxygens (including phenoxy) is 1. The van der Waals surface area contributed by atoms with E-state index in [0.29, 0.717) is 6.54 Å². The van der Waals surface area contributed by atoms with Gasteiger partial charge in [-0.2, -0.15) is 5.10 Å². The molecule has 0 bridgehead atoms. The number of likely N-dealkylation sites (tertiary alicyclic amines) is 1. The molecule has 1 unspecified atom stereocenters. The van der Waals surface area contributed by atoms with Gasteiger partial charge in [0, 0.05) is 18.5 Å². The second-order valence-corrected chi connectivity index (χ2v) is 7.34. The fraction of sp³-hybridized carbons (Fsp3) is 0.556. The van der Waals surface area contributed by atoms with Crippen LogP contribution in [-0.2, 0) is 4.74 Å². The van der Waals surface area contributed by atoms with Gasteiger partial charge in [0.2, 0.25) is 0 Å². The molecule has 2 aromatic rings. The van der Waals surface area contributed by atoms with E-state index in [1.54, 1.807) is 0 Å². The molecule has 130 valence electrons. The summed E-state index contributed by atoms with van der Waals surface area (Å²) in [4.78, 5) is 14.3. The van der Waals surface area contributed by atoms with Gasteiger partial charge in [-0.25, -0.2) is 4.79 Å². The molecule has 1 fully saturated rings. The molecule has 2 heterocycles. The Bertz CT molecular complexity index is 704. The molecule has 1 aromatic heterocycles. The molecule has 6 heteroatoms. The van der Waals surface area contributed by atoms with Gasteiger partial charge in [0.15, 0.2) is 0 Å². The van der Waals surface area contributed by atoms with E-state index in [9.17, 15) is 4.79 Å². The smallest absolute Gasteiger partial charge is 0.410 e. The second-order valence-electron chi connectivity index (χ2n) is 7.34. The van der Waals surface area contributed by atoms with Crippen molar-refractivity contribution in [1.82, 2.24) is 15.1 Å². The molecule has 1 amide bonds. The number of aromatic nitrogens is 2. The number of carbonyl (C=O) groups excluding carboxylic acids is 1. The first-order valence-corrected chi connectivity index (χ1v) is 8.59. The third kappa shape index (κ3) is 3.80. The Morgan fingerprint density at radius 1 is 1.42 bits per heavy atom. The van der Waals surface area contributed by atoms with Crippen LogP contribution in [0, 0.1) is 0 Å². The fourth-order valence-electron chi connectivity index (χ4n) is 3.12. The summed E-state index contributed by atoms with van der Waals surface area (Å²) in [6, 6.07) is 6.21. The predicted molar refractivity (Wildman–Crippen MR) is 95.2 cm³/mol. The molecule has 0 aliphatic carbocycles. The van der Waals surface area contributed by atoms with Gasteiger partial charge in [0.1, 0.15) is 5.60 Å². The molecule has 1 aromatic carbocycles. The van der Waals surface area contributed by atoms with E-state index < -0.39 is 5.60 Å². The first-order chi connectivity index (χ1) is 11.4. The molecular formula is C18H26N4O2. The standard InChI is InChI=1S/C18H26N4O2/c1-18(2,3)24-17(23)22-10-5-4-8-14(22)12-19-15-9-6-7-13-11-20-21-16(13)15/h6-7,9,11,14,19H,4-5,8,10,12H2,1-3H3,(H,20,21). The Hall–Kier alpha value is -2.24. The summed E-state index contributed by atoms with van der Waals surface area (Å²) < 4.78 is 5.56. The molecule has 1 aliphatic heterocycles. The van der Waals surface area contributed by atoms with Crippen molar-refractivity contribution in [2.45, 2.75) is 51.7 Å². The number of hydrogen-bond donors (Lipinski definition) is 2. The Kier molecular flexibility index (Phi) is 4.64. The lowest BCUT2D eigenvalue weighted by Crippen LogP contribution is -2.48. The maximum atomic E-state index is 12.5. The zero-order chi connectivity index (χ0) is 17.2. The third-order valence-electron chi connectivity index (χ3n) is 4.26. The van der Waals surface area contributed by atoms with Gasteiger partial charge < -0.3 is 15.0 Å². The number of rotatable bonds is 3. The van der Waals surface area contributed by atoms with Gasteiger partial charge in [0.05, 0.1) is 23.4 Å². The van der Waals surface area contributed by atoms with Crippen LogP contribution < -0.4 is 5.32 Å². The number of para-hydroxylation sites is 1. The summed E-state index contributed by atoms with van der Waals surface area (Å²) >= 11 is 0. The van der Waals surface area contributed by atoms with Gasteiger partial charge in [-0.3, -0.25) is 5.10 Å². The minimum Gasteiger partial charge on any atom is -0.444 e. The quantitative estimate of drug-likeness (QED) is 0.899. The van der Waals surface area contributed by atoms with Gasteiger partial charge in [-0.1, -0.05) is 12.1 Å². The van der Waals surface area contributed by atoms with Crippen LogP contribution in [0.15, 0.2) is 24.4 Å². The van der Waals surface area contributed by atoms with E-state index >= 15 is 0 Å². The van der Waals surface area contributed by atoms with Crippen LogP contribution in [0.5, 0.6) is 0 Å². The number of piperidine rings is 1. The zero-order valence-electron chi connectivity index (χ0n) is 14.6. The number of fused-ring (bicyclic) bond motifs is 1. The lowest BCUT2D eigenvalue weighted by atomic mass is 10.0. The van der Waals surface area contributed by atoms with Crippen LogP contribution >= 0.6 is 0 Å². The van der Waals surface area contributed by atoms with Crippen molar-refractivity contribution in [1.29, 1.82) is 0 Å². The Labute approximate surface area is 142 Å². The SMILES string of the molecule is CC(C)(C)OC(=O)N1CCCCC1CNc1cccc2cn[nH]c12. The topological polar surface area (TPSA) is 70.2 Å². The Balaban J connectivity index is 1.68. The molecule has 0 saturated carbocycles. The monoisotopic (exact) mass is 330 g/mol. The summed E-state index contributed by atoms with van der Waals surface area (Å²) in [6.07, 6.45) is 4.76. The van der Waals surface area contributed by atoms with Crippen LogP contribution in [0.2, 0.25) is 0 Å². The highest BCUT2D eigenvalue weighted by Gasteiger charge is 2.30. The maximum Gasteiger partial charge on any atom is 0.410 e. The van der Waals surface area contributed by atoms with Crippen molar-refractivity contribution < 1.29 is 9.53 Å². The molecular weight excluding hydrogens is 304 g/mol. The van der Waals surface area contributed by atoms with Crippen molar-refractivity contribution >= 4 is 22.7 Å². The lowest BCUT2D eigenvalue weighted by Gasteiger charge is -2.37. The van der Waals surface area contributed by atoms with Gasteiger partial charge in [-0.05, 0) is 46.1 Å². The van der Waals surface area contributed by atoms with E-state index in [1.807, 2.05) is 50.1 Å². The van der Waals surface area contributed by atoms with Crippen molar-refractivity contribution in [3.8, 4) is 0 Å². The molecule has 1 atom stereocenters. The molecule has 24 heavy (non-hydrogen) atoms. The molecule has 0 radical (unpaired) electrons. The predicted octanol–water partition coefficient (Wildman–Crippen LogP) is 3.76. The number of amides is 1. The van der Waals surface area contributed by atoms with Crippen molar-refractivity contribution in [2.24, 2.45) is 0 Å². The van der Waals surface area contributed by atoms with E-state index in [0.717, 1.165) is 42.4 Å². The lowest BCUT2D eigenvalue weighted by molar-refractivity contribution is 0.0114. The fourth-order valence-corrected chi connectivity index (χ4v) is 3.12. The van der Waals surface area contributed by atoms with Crippen molar-refractivity contribution in [3.05, 3.63) is 24.4 Å². The average Bonchev–Trinajstić information content (AvgIpc) is 3.00. The number of nitrogens with zero attached hydrogens (tertiary/aromatic N) is 2. The van der Waals surface area contributed by atoms with Crippen LogP contribution in [-0.4, -0.2) is 45.9 Å². The van der Waals surface area contributed by atoms with Crippen LogP contribution in [0.1, 0.15) is 40.0 Å². The van der Waals surface area contributed by atoms with Crippen molar-refractivity contribution in [3.63, 3.8) is 0 Å². The van der Waals surface area contributed by atoms with Crippen LogP contribution in [0.4, 0.5) is 10.5 Å². The van der Waals surface area contributed by atoms with Gasteiger partial charge >= 0.3 is 6.09 Å². The summed E-state index contributed by atoms with van der Waals surface area (Å²) in [6.45, 7) is 7.18. The highest BCUT2D eigenvalue weighted by Crippen LogP contribution is 2.23. The largest absolute Gasteiger partial charge is 0.444 e. The van der Waals surface area contributed by atoms with E-state index in [-0.39, 0.29) is 12.1 Å². The number of anilines is 1. The molecule has 1 saturated heterocycles. The zero-order valence-corrected chi connectivity index (χ0v) is 14.6. The number of nitrogens with one attached hydrogen (secondary N) is 2. The highest BCUT2D eigenvalue weighted by atomic mass is 16.6. The normalized spacial score (nSPS) is 18.6. The molecule has 0 spiro atoms. The number of benzene rings is 1. The first kappa shape index (κ1) is 16.6. The van der Waals surface area contributed by atoms with Gasteiger partial charge in [-0.15, -0.1) is 0 Å². The van der Waals surface area contributed by atoms with Gasteiger partial charge in [0.25, 0.3) is 0 Å². The molecule has 3 rings (SSSR count). The molecule has 2 N–H and O–H groups in total. The second kappa shape index (κ2) is 6.71. The summed E-state index contributed by atoms with van der Waals surface area (Å²) in [7, 11) is 0.